The van der Waals surface area contributed by atoms with E-state index in [1.165, 1.54) is 13.8 Å². The zero-order valence-corrected chi connectivity index (χ0v) is 21.5. The van der Waals surface area contributed by atoms with Gasteiger partial charge in [-0.25, -0.2) is 17.6 Å². The number of rotatable bonds is 8. The molecule has 8 heteroatoms. The standard InChI is InChI=1S/C29H34F5N3/c1-17-11-21-20-7-4-5-8-24(20)35-27(21)28(37(17)16-29(2,3)34)25-22(31)12-18(13-23(25)32)26(33)19-14-36(15-19)10-6-9-30/h4-5,7-8,12-13,17,19,26,28,35H,6,9-11,14-16H2,1-3H3/t17-,26+,28?/m1/s1. The van der Waals surface area contributed by atoms with Gasteiger partial charge in [-0.05, 0) is 62.9 Å². The van der Waals surface area contributed by atoms with Crippen molar-refractivity contribution in [1.29, 1.82) is 0 Å². The average molecular weight is 520 g/mol. The van der Waals surface area contributed by atoms with Crippen LogP contribution in [0, 0.1) is 17.6 Å². The lowest BCUT2D eigenvalue weighted by Crippen LogP contribution is -2.49. The van der Waals surface area contributed by atoms with Crippen molar-refractivity contribution < 1.29 is 22.0 Å². The van der Waals surface area contributed by atoms with Crippen molar-refractivity contribution in [2.75, 3.05) is 32.9 Å². The third-order valence-corrected chi connectivity index (χ3v) is 7.78. The number of benzene rings is 2. The number of fused-ring (bicyclic) bond motifs is 3. The summed E-state index contributed by atoms with van der Waals surface area (Å²) in [7, 11) is 0. The van der Waals surface area contributed by atoms with Crippen LogP contribution in [0.3, 0.4) is 0 Å². The average Bonchev–Trinajstić information content (AvgIpc) is 3.16. The number of likely N-dealkylation sites (tertiary alicyclic amines) is 1. The van der Waals surface area contributed by atoms with E-state index in [4.69, 9.17) is 0 Å². The number of para-hydroxylation sites is 1. The SMILES string of the molecule is C[C@@H]1Cc2c([nH]c3ccccc23)C(c2c(F)cc([C@H](F)C3CN(CCCF)C3)cc2F)N1CC(C)(C)F. The highest BCUT2D eigenvalue weighted by Crippen LogP contribution is 2.44. The molecule has 200 valence electrons. The first kappa shape index (κ1) is 26.2. The smallest absolute Gasteiger partial charge is 0.131 e. The number of halogens is 5. The van der Waals surface area contributed by atoms with Gasteiger partial charge in [-0.2, -0.15) is 0 Å². The summed E-state index contributed by atoms with van der Waals surface area (Å²) in [6, 6.07) is 8.82. The fraction of sp³-hybridized carbons (Fsp3) is 0.517. The molecule has 2 aliphatic rings. The van der Waals surface area contributed by atoms with Crippen LogP contribution in [0.2, 0.25) is 0 Å². The van der Waals surface area contributed by atoms with Crippen molar-refractivity contribution in [3.63, 3.8) is 0 Å². The second kappa shape index (κ2) is 10.0. The van der Waals surface area contributed by atoms with Gasteiger partial charge in [-0.3, -0.25) is 9.29 Å². The number of H-pyrrole nitrogens is 1. The van der Waals surface area contributed by atoms with Crippen LogP contribution in [-0.4, -0.2) is 59.3 Å². The molecule has 1 aromatic heterocycles. The Labute approximate surface area is 214 Å². The molecular weight excluding hydrogens is 485 g/mol. The maximum Gasteiger partial charge on any atom is 0.131 e. The molecule has 2 aromatic carbocycles. The van der Waals surface area contributed by atoms with Crippen molar-refractivity contribution in [1.82, 2.24) is 14.8 Å². The van der Waals surface area contributed by atoms with E-state index >= 15 is 13.2 Å². The number of hydrogen-bond acceptors (Lipinski definition) is 2. The van der Waals surface area contributed by atoms with E-state index in [0.717, 1.165) is 28.6 Å². The van der Waals surface area contributed by atoms with Crippen LogP contribution in [0.15, 0.2) is 36.4 Å². The van der Waals surface area contributed by atoms with E-state index in [-0.39, 0.29) is 29.6 Å². The highest BCUT2D eigenvalue weighted by atomic mass is 19.2. The Bertz CT molecular complexity index is 1240. The number of alkyl halides is 3. The molecule has 1 N–H and O–H groups in total. The topological polar surface area (TPSA) is 22.3 Å². The minimum atomic E-state index is -1.59. The second-order valence-electron chi connectivity index (χ2n) is 11.3. The summed E-state index contributed by atoms with van der Waals surface area (Å²) in [4.78, 5) is 7.09. The van der Waals surface area contributed by atoms with Crippen molar-refractivity contribution >= 4 is 10.9 Å². The Morgan fingerprint density at radius 3 is 2.43 bits per heavy atom. The minimum absolute atomic E-state index is 0.0171. The van der Waals surface area contributed by atoms with E-state index in [1.54, 1.807) is 4.90 Å². The molecule has 0 radical (unpaired) electrons. The third kappa shape index (κ3) is 5.02. The zero-order valence-electron chi connectivity index (χ0n) is 21.5. The molecule has 0 bridgehead atoms. The Kier molecular flexibility index (Phi) is 7.09. The van der Waals surface area contributed by atoms with Crippen molar-refractivity contribution in [3.8, 4) is 0 Å². The number of nitrogens with one attached hydrogen (secondary N) is 1. The quantitative estimate of drug-likeness (QED) is 0.330. The van der Waals surface area contributed by atoms with E-state index in [9.17, 15) is 8.78 Å². The molecule has 3 aromatic rings. The zero-order chi connectivity index (χ0) is 26.5. The van der Waals surface area contributed by atoms with Gasteiger partial charge in [-0.15, -0.1) is 0 Å². The Morgan fingerprint density at radius 1 is 1.11 bits per heavy atom. The molecular formula is C29H34F5N3. The lowest BCUT2D eigenvalue weighted by Gasteiger charge is -2.43. The maximum atomic E-state index is 15.8. The molecule has 1 saturated heterocycles. The third-order valence-electron chi connectivity index (χ3n) is 7.78. The van der Waals surface area contributed by atoms with Gasteiger partial charge in [0, 0.05) is 60.3 Å². The Hall–Kier alpha value is -2.45. The number of aromatic nitrogens is 1. The highest BCUT2D eigenvalue weighted by molar-refractivity contribution is 5.85. The fourth-order valence-corrected chi connectivity index (χ4v) is 6.06. The second-order valence-corrected chi connectivity index (χ2v) is 11.3. The monoisotopic (exact) mass is 519 g/mol. The molecule has 0 spiro atoms. The molecule has 1 unspecified atom stereocenters. The molecule has 3 nitrogen and oxygen atoms in total. The van der Waals surface area contributed by atoms with Gasteiger partial charge in [-0.1, -0.05) is 18.2 Å². The number of nitrogens with zero attached hydrogens (tertiary/aromatic N) is 2. The molecule has 0 saturated carbocycles. The largest absolute Gasteiger partial charge is 0.357 e. The molecule has 0 amide bonds. The van der Waals surface area contributed by atoms with Crippen molar-refractivity contribution in [2.24, 2.45) is 5.92 Å². The van der Waals surface area contributed by atoms with Gasteiger partial charge in [0.05, 0.1) is 12.7 Å². The van der Waals surface area contributed by atoms with E-state index in [1.807, 2.05) is 36.1 Å². The number of aromatic amines is 1. The lowest BCUT2D eigenvalue weighted by atomic mass is 9.85. The molecule has 0 aliphatic carbocycles. The molecule has 3 heterocycles. The van der Waals surface area contributed by atoms with Gasteiger partial charge in [0.15, 0.2) is 0 Å². The van der Waals surface area contributed by atoms with Gasteiger partial charge in [0.2, 0.25) is 0 Å². The van der Waals surface area contributed by atoms with Crippen LogP contribution in [0.1, 0.15) is 61.8 Å². The van der Waals surface area contributed by atoms with Crippen molar-refractivity contribution in [2.45, 2.75) is 57.5 Å². The predicted molar refractivity (Wildman–Crippen MR) is 136 cm³/mol. The van der Waals surface area contributed by atoms with Crippen LogP contribution in [-0.2, 0) is 6.42 Å². The molecule has 2 aliphatic heterocycles. The maximum absolute atomic E-state index is 15.8. The van der Waals surface area contributed by atoms with Crippen molar-refractivity contribution in [3.05, 3.63) is 70.4 Å². The summed E-state index contributed by atoms with van der Waals surface area (Å²) in [5, 5.41) is 0.983. The Morgan fingerprint density at radius 2 is 1.78 bits per heavy atom. The normalized spacial score (nSPS) is 22.3. The highest BCUT2D eigenvalue weighted by Gasteiger charge is 2.42. The van der Waals surface area contributed by atoms with E-state index in [0.29, 0.717) is 38.2 Å². The van der Waals surface area contributed by atoms with Gasteiger partial charge in [0.1, 0.15) is 23.5 Å². The summed E-state index contributed by atoms with van der Waals surface area (Å²) in [5.74, 6) is -2.06. The molecule has 5 rings (SSSR count). The summed E-state index contributed by atoms with van der Waals surface area (Å²) < 4.78 is 74.1. The van der Waals surface area contributed by atoms with Gasteiger partial charge < -0.3 is 9.88 Å². The van der Waals surface area contributed by atoms with Crippen LogP contribution in [0.25, 0.3) is 10.9 Å². The summed E-state index contributed by atoms with van der Waals surface area (Å²) in [6.07, 6.45) is -0.515. The minimum Gasteiger partial charge on any atom is -0.357 e. The molecule has 1 fully saturated rings. The Balaban J connectivity index is 1.52. The van der Waals surface area contributed by atoms with Gasteiger partial charge in [0.25, 0.3) is 0 Å². The first-order valence-electron chi connectivity index (χ1n) is 13.0. The number of hydrogen-bond donors (Lipinski definition) is 1. The summed E-state index contributed by atoms with van der Waals surface area (Å²) in [6.45, 7) is 5.83. The van der Waals surface area contributed by atoms with Crippen LogP contribution in [0.4, 0.5) is 22.0 Å². The van der Waals surface area contributed by atoms with E-state index < -0.39 is 36.2 Å². The molecule has 37 heavy (non-hydrogen) atoms. The lowest BCUT2D eigenvalue weighted by molar-refractivity contribution is 0.0360. The summed E-state index contributed by atoms with van der Waals surface area (Å²) >= 11 is 0. The van der Waals surface area contributed by atoms with Gasteiger partial charge >= 0.3 is 0 Å². The first-order valence-corrected chi connectivity index (χ1v) is 13.0. The molecule has 3 atom stereocenters. The van der Waals surface area contributed by atoms with Crippen LogP contribution in [0.5, 0.6) is 0 Å². The van der Waals surface area contributed by atoms with Crippen LogP contribution < -0.4 is 0 Å². The van der Waals surface area contributed by atoms with Crippen LogP contribution >= 0.6 is 0 Å². The van der Waals surface area contributed by atoms with E-state index in [2.05, 4.69) is 4.98 Å². The first-order chi connectivity index (χ1) is 17.6. The fourth-order valence-electron chi connectivity index (χ4n) is 6.06. The predicted octanol–water partition coefficient (Wildman–Crippen LogP) is 6.83. The summed E-state index contributed by atoms with van der Waals surface area (Å²) in [5.41, 5.74) is 0.647.